The molecule has 2 aromatic rings. The Balaban J connectivity index is 1.63. The van der Waals surface area contributed by atoms with E-state index >= 15 is 0 Å². The van der Waals surface area contributed by atoms with Crippen LogP contribution in [-0.2, 0) is 24.3 Å². The standard InChI is InChI=1S/C19H17Cl2FN2O5S/c20-12-3-6-14(7-4-12)30(27,28)24-9-1-2-17(24)19(26)29-11-18(25)23-16-8-5-13(22)10-15(16)21/h3-8,10,17H,1-2,9,11H2,(H,23,25). The lowest BCUT2D eigenvalue weighted by Crippen LogP contribution is -2.42. The minimum absolute atomic E-state index is 0.00861. The predicted octanol–water partition coefficient (Wildman–Crippen LogP) is 3.47. The topological polar surface area (TPSA) is 92.8 Å². The summed E-state index contributed by atoms with van der Waals surface area (Å²) in [5, 5.41) is 2.78. The first kappa shape index (κ1) is 22.5. The average molecular weight is 475 g/mol. The third kappa shape index (κ3) is 5.10. The molecular weight excluding hydrogens is 458 g/mol. The fourth-order valence-electron chi connectivity index (χ4n) is 3.02. The smallest absolute Gasteiger partial charge is 0.324 e. The minimum Gasteiger partial charge on any atom is -0.454 e. The summed E-state index contributed by atoms with van der Waals surface area (Å²) in [6.45, 7) is -0.486. The first-order valence-electron chi connectivity index (χ1n) is 8.87. The molecule has 1 atom stereocenters. The van der Waals surface area contributed by atoms with Crippen LogP contribution >= 0.6 is 23.2 Å². The van der Waals surface area contributed by atoms with E-state index in [9.17, 15) is 22.4 Å². The highest BCUT2D eigenvalue weighted by Gasteiger charge is 2.40. The highest BCUT2D eigenvalue weighted by molar-refractivity contribution is 7.89. The van der Waals surface area contributed by atoms with Gasteiger partial charge in [-0.05, 0) is 55.3 Å². The summed E-state index contributed by atoms with van der Waals surface area (Å²) in [6, 6.07) is 8.00. The molecule has 30 heavy (non-hydrogen) atoms. The number of rotatable bonds is 6. The van der Waals surface area contributed by atoms with Gasteiger partial charge < -0.3 is 10.1 Å². The quantitative estimate of drug-likeness (QED) is 0.646. The van der Waals surface area contributed by atoms with Crippen molar-refractivity contribution in [3.8, 4) is 0 Å². The summed E-state index contributed by atoms with van der Waals surface area (Å²) >= 11 is 11.6. The molecule has 3 rings (SSSR count). The number of hydrogen-bond donors (Lipinski definition) is 1. The van der Waals surface area contributed by atoms with Gasteiger partial charge in [0.25, 0.3) is 5.91 Å². The van der Waals surface area contributed by atoms with Gasteiger partial charge in [-0.3, -0.25) is 9.59 Å². The van der Waals surface area contributed by atoms with Crippen molar-refractivity contribution in [2.45, 2.75) is 23.8 Å². The van der Waals surface area contributed by atoms with Gasteiger partial charge in [-0.2, -0.15) is 4.31 Å². The Morgan fingerprint density at radius 1 is 1.17 bits per heavy atom. The maximum Gasteiger partial charge on any atom is 0.324 e. The van der Waals surface area contributed by atoms with Crippen LogP contribution in [-0.4, -0.2) is 43.8 Å². The van der Waals surface area contributed by atoms with E-state index in [0.717, 1.165) is 16.4 Å². The van der Waals surface area contributed by atoms with Gasteiger partial charge >= 0.3 is 5.97 Å². The number of anilines is 1. The number of sulfonamides is 1. The lowest BCUT2D eigenvalue weighted by Gasteiger charge is -2.22. The molecule has 0 aromatic heterocycles. The van der Waals surface area contributed by atoms with Gasteiger partial charge in [0.15, 0.2) is 6.61 Å². The van der Waals surface area contributed by atoms with Gasteiger partial charge in [-0.15, -0.1) is 0 Å². The molecule has 7 nitrogen and oxygen atoms in total. The van der Waals surface area contributed by atoms with Crippen LogP contribution in [0, 0.1) is 5.82 Å². The summed E-state index contributed by atoms with van der Waals surface area (Å²) in [4.78, 5) is 24.5. The van der Waals surface area contributed by atoms with Crippen molar-refractivity contribution in [1.29, 1.82) is 0 Å². The van der Waals surface area contributed by atoms with Crippen molar-refractivity contribution in [2.24, 2.45) is 0 Å². The first-order valence-corrected chi connectivity index (χ1v) is 11.1. The Morgan fingerprint density at radius 3 is 2.53 bits per heavy atom. The molecule has 0 spiro atoms. The lowest BCUT2D eigenvalue weighted by molar-refractivity contribution is -0.150. The zero-order valence-corrected chi connectivity index (χ0v) is 17.8. The fourth-order valence-corrected chi connectivity index (χ4v) is 5.00. The number of hydrogen-bond acceptors (Lipinski definition) is 5. The zero-order chi connectivity index (χ0) is 21.9. The first-order chi connectivity index (χ1) is 14.2. The van der Waals surface area contributed by atoms with Crippen molar-refractivity contribution >= 4 is 50.8 Å². The number of esters is 1. The number of carbonyl (C=O) groups excluding carboxylic acids is 2. The molecule has 1 aliphatic rings. The molecule has 160 valence electrons. The fraction of sp³-hybridized carbons (Fsp3) is 0.263. The van der Waals surface area contributed by atoms with Crippen molar-refractivity contribution < 1.29 is 27.1 Å². The molecule has 1 amide bonds. The highest BCUT2D eigenvalue weighted by Crippen LogP contribution is 2.28. The van der Waals surface area contributed by atoms with Crippen molar-refractivity contribution in [2.75, 3.05) is 18.5 Å². The van der Waals surface area contributed by atoms with E-state index < -0.39 is 40.4 Å². The van der Waals surface area contributed by atoms with Crippen LogP contribution in [0.4, 0.5) is 10.1 Å². The number of halogens is 3. The van der Waals surface area contributed by atoms with E-state index in [1.54, 1.807) is 0 Å². The second-order valence-corrected chi connectivity index (χ2v) is 9.24. The second-order valence-electron chi connectivity index (χ2n) is 6.51. The Hall–Kier alpha value is -2.20. The van der Waals surface area contributed by atoms with E-state index in [2.05, 4.69) is 5.32 Å². The van der Waals surface area contributed by atoms with Gasteiger partial charge in [-0.1, -0.05) is 23.2 Å². The molecule has 0 saturated carbocycles. The molecule has 0 bridgehead atoms. The van der Waals surface area contributed by atoms with Crippen LogP contribution in [0.2, 0.25) is 10.0 Å². The van der Waals surface area contributed by atoms with E-state index in [-0.39, 0.29) is 28.6 Å². The third-order valence-electron chi connectivity index (χ3n) is 4.45. The molecular formula is C19H17Cl2FN2O5S. The summed E-state index contributed by atoms with van der Waals surface area (Å²) < 4.78 is 44.8. The monoisotopic (exact) mass is 474 g/mol. The normalized spacial score (nSPS) is 17.0. The number of nitrogens with one attached hydrogen (secondary N) is 1. The van der Waals surface area contributed by atoms with E-state index in [1.807, 2.05) is 0 Å². The molecule has 1 heterocycles. The molecule has 0 radical (unpaired) electrons. The van der Waals surface area contributed by atoms with Crippen LogP contribution in [0.1, 0.15) is 12.8 Å². The number of carbonyl (C=O) groups is 2. The summed E-state index contributed by atoms with van der Waals surface area (Å²) in [5.74, 6) is -2.08. The Labute approximate surface area is 182 Å². The van der Waals surface area contributed by atoms with Crippen LogP contribution in [0.3, 0.4) is 0 Å². The van der Waals surface area contributed by atoms with Gasteiger partial charge in [-0.25, -0.2) is 12.8 Å². The third-order valence-corrected chi connectivity index (χ3v) is 6.93. The number of benzene rings is 2. The van der Waals surface area contributed by atoms with Crippen LogP contribution in [0.5, 0.6) is 0 Å². The Bertz CT molecular complexity index is 1060. The molecule has 1 saturated heterocycles. The van der Waals surface area contributed by atoms with E-state index in [1.165, 1.54) is 30.3 Å². The van der Waals surface area contributed by atoms with Crippen molar-refractivity contribution in [3.05, 3.63) is 58.3 Å². The maximum absolute atomic E-state index is 13.1. The summed E-state index contributed by atoms with van der Waals surface area (Å²) in [5.41, 5.74) is 0.159. The number of amides is 1. The predicted molar refractivity (Wildman–Crippen MR) is 109 cm³/mol. The van der Waals surface area contributed by atoms with Gasteiger partial charge in [0.2, 0.25) is 10.0 Å². The van der Waals surface area contributed by atoms with Crippen molar-refractivity contribution in [3.63, 3.8) is 0 Å². The van der Waals surface area contributed by atoms with Gasteiger partial charge in [0.05, 0.1) is 15.6 Å². The van der Waals surface area contributed by atoms with Crippen LogP contribution in [0.15, 0.2) is 47.4 Å². The zero-order valence-electron chi connectivity index (χ0n) is 15.5. The molecule has 0 aliphatic carbocycles. The molecule has 11 heteroatoms. The maximum atomic E-state index is 13.1. The second kappa shape index (κ2) is 9.30. The SMILES string of the molecule is O=C(COC(=O)C1CCCN1S(=O)(=O)c1ccc(Cl)cc1)Nc1ccc(F)cc1Cl. The molecule has 1 unspecified atom stereocenters. The minimum atomic E-state index is -3.93. The average Bonchev–Trinajstić information content (AvgIpc) is 3.19. The van der Waals surface area contributed by atoms with E-state index in [0.29, 0.717) is 11.4 Å². The highest BCUT2D eigenvalue weighted by atomic mass is 35.5. The summed E-state index contributed by atoms with van der Waals surface area (Å²) in [7, 11) is -3.93. The lowest BCUT2D eigenvalue weighted by atomic mass is 10.2. The largest absolute Gasteiger partial charge is 0.454 e. The molecule has 1 aliphatic heterocycles. The van der Waals surface area contributed by atoms with Gasteiger partial charge in [0, 0.05) is 11.6 Å². The van der Waals surface area contributed by atoms with Crippen molar-refractivity contribution in [1.82, 2.24) is 4.31 Å². The Morgan fingerprint density at radius 2 is 1.87 bits per heavy atom. The summed E-state index contributed by atoms with van der Waals surface area (Å²) in [6.07, 6.45) is 0.751. The Kier molecular flexibility index (Phi) is 6.97. The van der Waals surface area contributed by atoms with E-state index in [4.69, 9.17) is 27.9 Å². The van der Waals surface area contributed by atoms with Crippen LogP contribution < -0.4 is 5.32 Å². The number of nitrogens with zero attached hydrogens (tertiary/aromatic N) is 1. The molecule has 1 N–H and O–H groups in total. The molecule has 2 aromatic carbocycles. The molecule has 1 fully saturated rings. The van der Waals surface area contributed by atoms with Crippen LogP contribution in [0.25, 0.3) is 0 Å². The number of ether oxygens (including phenoxy) is 1. The van der Waals surface area contributed by atoms with Gasteiger partial charge in [0.1, 0.15) is 11.9 Å².